The molecule has 1 atom stereocenters. The van der Waals surface area contributed by atoms with Gasteiger partial charge in [0.15, 0.2) is 15.1 Å². The minimum absolute atomic E-state index is 0.427. The zero-order chi connectivity index (χ0) is 37.8. The second kappa shape index (κ2) is 23.5. The first-order valence-corrected chi connectivity index (χ1v) is 23.6. The van der Waals surface area contributed by atoms with E-state index in [-0.39, 0.29) is 0 Å². The number of carbonyl (C=O) groups excluding carboxylic acids is 1. The second-order valence-corrected chi connectivity index (χ2v) is 18.4. The van der Waals surface area contributed by atoms with Crippen LogP contribution >= 0.6 is 0 Å². The average molecular weight is 742 g/mol. The fourth-order valence-electron chi connectivity index (χ4n) is 8.57. The lowest BCUT2D eigenvalue weighted by atomic mass is 9.94. The van der Waals surface area contributed by atoms with Crippen LogP contribution < -0.4 is 20.3 Å². The Balaban J connectivity index is 1.27. The molecule has 0 amide bonds. The lowest BCUT2D eigenvalue weighted by Gasteiger charge is -2.22. The van der Waals surface area contributed by atoms with Crippen molar-refractivity contribution in [1.29, 1.82) is 0 Å². The number of benzene rings is 4. The summed E-state index contributed by atoms with van der Waals surface area (Å²) in [5, 5.41) is 4.16. The van der Waals surface area contributed by atoms with Crippen molar-refractivity contribution in [2.45, 2.75) is 162 Å². The average Bonchev–Trinajstić information content (AvgIpc) is 3.55. The standard InChI is InChI=1S/C51H69O2Si/c1-4-6-8-10-12-13-14-15-16-17-18-19-21-28-38-53-48-37-35-44(39-47(48)41(3)29-23-20-11-9-7-5-2)54-49-33-27-26-32-45(49)46-36-34-43(40-52)50(51(46)54)42-30-24-22-25-31-42/h22,24-27,30-37,39-41H,4-21,23,28-29,38H2,1-3H3. The minimum Gasteiger partial charge on any atom is -0.493 e. The van der Waals surface area contributed by atoms with Crippen molar-refractivity contribution in [1.82, 2.24) is 0 Å². The minimum atomic E-state index is -1.38. The largest absolute Gasteiger partial charge is 0.493 e. The predicted molar refractivity (Wildman–Crippen MR) is 236 cm³/mol. The Morgan fingerprint density at radius 2 is 1.17 bits per heavy atom. The normalized spacial score (nSPS) is 12.8. The van der Waals surface area contributed by atoms with E-state index in [4.69, 9.17) is 4.74 Å². The maximum Gasteiger partial charge on any atom is 0.157 e. The summed E-state index contributed by atoms with van der Waals surface area (Å²) in [5.74, 6) is 1.50. The molecule has 4 aromatic rings. The number of aldehydes is 1. The van der Waals surface area contributed by atoms with Gasteiger partial charge in [-0.3, -0.25) is 4.79 Å². The maximum atomic E-state index is 12.6. The molecule has 0 spiro atoms. The molecule has 1 aliphatic rings. The molecule has 1 radical (unpaired) electrons. The van der Waals surface area contributed by atoms with E-state index in [9.17, 15) is 4.79 Å². The molecule has 4 aromatic carbocycles. The number of unbranched alkanes of at least 4 members (excludes halogenated alkanes) is 18. The lowest BCUT2D eigenvalue weighted by Crippen LogP contribution is -2.50. The Bertz CT molecular complexity index is 1680. The summed E-state index contributed by atoms with van der Waals surface area (Å²) in [6.07, 6.45) is 29.3. The molecule has 0 saturated heterocycles. The van der Waals surface area contributed by atoms with Crippen LogP contribution in [0.4, 0.5) is 0 Å². The first-order valence-electron chi connectivity index (χ1n) is 22.1. The SMILES string of the molecule is CCCCCCCCCCCCCCCCOc1ccc([Si]2c3ccccc3-c3ccc(C=O)c(-c4ccccc4)c32)cc1C(C)CCCCCCCC. The van der Waals surface area contributed by atoms with E-state index in [1.165, 1.54) is 161 Å². The molecular formula is C51H69O2Si. The molecule has 0 aliphatic carbocycles. The maximum absolute atomic E-state index is 12.6. The third-order valence-electron chi connectivity index (χ3n) is 11.7. The highest BCUT2D eigenvalue weighted by molar-refractivity contribution is 7.00. The Hall–Kier alpha value is -3.43. The van der Waals surface area contributed by atoms with Crippen LogP contribution in [0.1, 0.15) is 177 Å². The number of ether oxygens (including phenoxy) is 1. The van der Waals surface area contributed by atoms with Gasteiger partial charge in [0.25, 0.3) is 0 Å². The van der Waals surface area contributed by atoms with Crippen LogP contribution in [0.25, 0.3) is 22.3 Å². The van der Waals surface area contributed by atoms with Crippen LogP contribution in [-0.2, 0) is 0 Å². The first-order chi connectivity index (χ1) is 26.7. The number of hydrogen-bond donors (Lipinski definition) is 0. The van der Waals surface area contributed by atoms with Gasteiger partial charge in [-0.15, -0.1) is 0 Å². The van der Waals surface area contributed by atoms with E-state index in [0.717, 1.165) is 41.8 Å². The highest BCUT2D eigenvalue weighted by atomic mass is 28.3. The van der Waals surface area contributed by atoms with Crippen molar-refractivity contribution >= 4 is 30.6 Å². The van der Waals surface area contributed by atoms with Crippen LogP contribution in [0.15, 0.2) is 84.9 Å². The summed E-state index contributed by atoms with van der Waals surface area (Å²) < 4.78 is 6.68. The van der Waals surface area contributed by atoms with E-state index in [1.807, 2.05) is 6.07 Å². The summed E-state index contributed by atoms with van der Waals surface area (Å²) in [7, 11) is -1.38. The van der Waals surface area contributed by atoms with Gasteiger partial charge in [-0.2, -0.15) is 0 Å². The van der Waals surface area contributed by atoms with Crippen molar-refractivity contribution in [3.63, 3.8) is 0 Å². The van der Waals surface area contributed by atoms with Gasteiger partial charge in [-0.05, 0) is 68.2 Å². The molecular weight excluding hydrogens is 673 g/mol. The highest BCUT2D eigenvalue weighted by Gasteiger charge is 2.36. The Labute approximate surface area is 331 Å². The van der Waals surface area contributed by atoms with Gasteiger partial charge >= 0.3 is 0 Å². The Morgan fingerprint density at radius 1 is 0.593 bits per heavy atom. The zero-order valence-electron chi connectivity index (χ0n) is 34.1. The quantitative estimate of drug-likeness (QED) is 0.0304. The molecule has 3 heteroatoms. The molecule has 0 saturated carbocycles. The van der Waals surface area contributed by atoms with E-state index >= 15 is 0 Å². The first kappa shape index (κ1) is 41.7. The summed E-state index contributed by atoms with van der Waals surface area (Å²) in [6, 6.07) is 30.9. The predicted octanol–water partition coefficient (Wildman–Crippen LogP) is 13.4. The zero-order valence-corrected chi connectivity index (χ0v) is 35.1. The summed E-state index contributed by atoms with van der Waals surface area (Å²) in [6.45, 7) is 7.80. The van der Waals surface area contributed by atoms with E-state index in [0.29, 0.717) is 5.92 Å². The van der Waals surface area contributed by atoms with Crippen LogP contribution in [0, 0.1) is 0 Å². The van der Waals surface area contributed by atoms with Crippen molar-refractivity contribution in [2.24, 2.45) is 0 Å². The van der Waals surface area contributed by atoms with E-state index in [1.54, 1.807) is 0 Å². The van der Waals surface area contributed by atoms with Crippen LogP contribution in [0.5, 0.6) is 5.75 Å². The summed E-state index contributed by atoms with van der Waals surface area (Å²) >= 11 is 0. The molecule has 2 nitrogen and oxygen atoms in total. The van der Waals surface area contributed by atoms with Crippen molar-refractivity contribution < 1.29 is 9.53 Å². The molecule has 0 bridgehead atoms. The van der Waals surface area contributed by atoms with Crippen LogP contribution in [-0.4, -0.2) is 21.7 Å². The van der Waals surface area contributed by atoms with Gasteiger partial charge < -0.3 is 4.74 Å². The molecule has 54 heavy (non-hydrogen) atoms. The van der Waals surface area contributed by atoms with E-state index < -0.39 is 8.80 Å². The van der Waals surface area contributed by atoms with Gasteiger partial charge in [-0.1, -0.05) is 222 Å². The topological polar surface area (TPSA) is 26.3 Å². The summed E-state index contributed by atoms with van der Waals surface area (Å²) in [5.41, 5.74) is 6.96. The van der Waals surface area contributed by atoms with Gasteiger partial charge in [0.05, 0.1) is 6.61 Å². The second-order valence-electron chi connectivity index (χ2n) is 16.0. The molecule has 0 N–H and O–H groups in total. The molecule has 5 rings (SSSR count). The molecule has 1 unspecified atom stereocenters. The molecule has 289 valence electrons. The fraction of sp³-hybridized carbons (Fsp3) is 0.510. The fourth-order valence-corrected chi connectivity index (χ4v) is 11.8. The summed E-state index contributed by atoms with van der Waals surface area (Å²) in [4.78, 5) is 12.6. The lowest BCUT2D eigenvalue weighted by molar-refractivity contribution is 0.112. The Kier molecular flexibility index (Phi) is 18.1. The molecule has 1 aliphatic heterocycles. The monoisotopic (exact) mass is 742 g/mol. The van der Waals surface area contributed by atoms with Crippen LogP contribution in [0.3, 0.4) is 0 Å². The van der Waals surface area contributed by atoms with Crippen molar-refractivity contribution in [2.75, 3.05) is 6.61 Å². The van der Waals surface area contributed by atoms with Gasteiger partial charge in [0, 0.05) is 5.56 Å². The molecule has 1 heterocycles. The van der Waals surface area contributed by atoms with Crippen molar-refractivity contribution in [3.8, 4) is 28.0 Å². The van der Waals surface area contributed by atoms with Crippen LogP contribution in [0.2, 0.25) is 0 Å². The van der Waals surface area contributed by atoms with Crippen molar-refractivity contribution in [3.05, 3.63) is 96.1 Å². The van der Waals surface area contributed by atoms with E-state index in [2.05, 4.69) is 99.6 Å². The third kappa shape index (κ3) is 11.8. The third-order valence-corrected chi connectivity index (χ3v) is 14.6. The van der Waals surface area contributed by atoms with Gasteiger partial charge in [0.2, 0.25) is 0 Å². The van der Waals surface area contributed by atoms with Gasteiger partial charge in [-0.25, -0.2) is 0 Å². The highest BCUT2D eigenvalue weighted by Crippen LogP contribution is 2.34. The molecule has 0 aromatic heterocycles. The number of hydrogen-bond acceptors (Lipinski definition) is 2. The number of fused-ring (bicyclic) bond motifs is 3. The number of carbonyl (C=O) groups is 1. The smallest absolute Gasteiger partial charge is 0.157 e. The Morgan fingerprint density at radius 3 is 1.80 bits per heavy atom. The van der Waals surface area contributed by atoms with Gasteiger partial charge in [0.1, 0.15) is 5.75 Å². The molecule has 0 fully saturated rings. The number of rotatable bonds is 27.